The van der Waals surface area contributed by atoms with Crippen LogP contribution in [0.5, 0.6) is 0 Å². The third-order valence-corrected chi connectivity index (χ3v) is 6.24. The number of benzene rings is 1. The average molecular weight is 453 g/mol. The summed E-state index contributed by atoms with van der Waals surface area (Å²) in [5.74, 6) is 0.454. The minimum Gasteiger partial charge on any atom is -0.348 e. The first-order valence-electron chi connectivity index (χ1n) is 11.2. The lowest BCUT2D eigenvalue weighted by Crippen LogP contribution is -2.41. The van der Waals surface area contributed by atoms with Crippen molar-refractivity contribution >= 4 is 22.3 Å². The smallest absolute Gasteiger partial charge is 0.258 e. The monoisotopic (exact) mass is 452 g/mol. The van der Waals surface area contributed by atoms with Crippen LogP contribution >= 0.6 is 0 Å². The normalized spacial score (nSPS) is 15.9. The number of rotatable bonds is 4. The lowest BCUT2D eigenvalue weighted by molar-refractivity contribution is 0.0685. The van der Waals surface area contributed by atoms with E-state index in [1.165, 1.54) is 0 Å². The van der Waals surface area contributed by atoms with E-state index in [1.807, 2.05) is 67.8 Å². The number of aromatic amines is 1. The van der Waals surface area contributed by atoms with Crippen molar-refractivity contribution in [2.24, 2.45) is 0 Å². The molecule has 0 unspecified atom stereocenters. The van der Waals surface area contributed by atoms with E-state index in [0.717, 1.165) is 39.9 Å². The summed E-state index contributed by atoms with van der Waals surface area (Å²) in [7, 11) is 4.05. The van der Waals surface area contributed by atoms with Gasteiger partial charge in [-0.05, 0) is 31.8 Å². The maximum atomic E-state index is 13.9. The number of nitrogens with one attached hydrogen (secondary N) is 1. The summed E-state index contributed by atoms with van der Waals surface area (Å²) in [5.41, 5.74) is 5.10. The van der Waals surface area contributed by atoms with E-state index in [1.54, 1.807) is 17.0 Å². The molecule has 0 fully saturated rings. The zero-order valence-corrected chi connectivity index (χ0v) is 19.0. The fraction of sp³-hybridized carbons (Fsp3) is 0.240. The Hall–Kier alpha value is -4.11. The number of amides is 1. The van der Waals surface area contributed by atoms with Crippen LogP contribution in [0.1, 0.15) is 39.2 Å². The summed E-state index contributed by atoms with van der Waals surface area (Å²) < 4.78 is 1.78. The van der Waals surface area contributed by atoms with Gasteiger partial charge in [-0.1, -0.05) is 24.3 Å². The van der Waals surface area contributed by atoms with E-state index in [4.69, 9.17) is 4.98 Å². The van der Waals surface area contributed by atoms with Gasteiger partial charge in [0.05, 0.1) is 34.8 Å². The van der Waals surface area contributed by atoms with Gasteiger partial charge in [-0.2, -0.15) is 5.10 Å². The van der Waals surface area contributed by atoms with Crippen molar-refractivity contribution in [1.82, 2.24) is 39.3 Å². The third-order valence-electron chi connectivity index (χ3n) is 6.24. The fourth-order valence-electron chi connectivity index (χ4n) is 4.68. The Balaban J connectivity index is 1.42. The molecule has 1 aromatic carbocycles. The highest BCUT2D eigenvalue weighted by atomic mass is 16.2. The Morgan fingerprint density at radius 1 is 1.15 bits per heavy atom. The number of nitrogens with zero attached hydrogens (tertiary/aromatic N) is 7. The summed E-state index contributed by atoms with van der Waals surface area (Å²) in [6.45, 7) is 1.33. The molecule has 4 aromatic heterocycles. The zero-order chi connectivity index (χ0) is 23.2. The Morgan fingerprint density at radius 2 is 2.03 bits per heavy atom. The number of carbonyl (C=O) groups excluding carboxylic acids is 1. The molecular formula is C25H24N8O. The van der Waals surface area contributed by atoms with Crippen LogP contribution in [-0.4, -0.2) is 65.9 Å². The second kappa shape index (κ2) is 8.03. The molecule has 9 heteroatoms. The molecule has 1 aliphatic rings. The Morgan fingerprint density at radius 3 is 2.91 bits per heavy atom. The molecule has 34 heavy (non-hydrogen) atoms. The third kappa shape index (κ3) is 3.41. The van der Waals surface area contributed by atoms with Gasteiger partial charge < -0.3 is 14.8 Å². The maximum Gasteiger partial charge on any atom is 0.258 e. The van der Waals surface area contributed by atoms with Crippen molar-refractivity contribution in [2.75, 3.05) is 20.6 Å². The molecule has 0 aliphatic carbocycles. The van der Waals surface area contributed by atoms with Crippen LogP contribution in [0.2, 0.25) is 0 Å². The molecule has 1 N–H and O–H groups in total. The molecule has 0 bridgehead atoms. The van der Waals surface area contributed by atoms with Gasteiger partial charge in [-0.3, -0.25) is 4.79 Å². The van der Waals surface area contributed by atoms with Crippen molar-refractivity contribution in [3.8, 4) is 0 Å². The van der Waals surface area contributed by atoms with Crippen LogP contribution in [0, 0.1) is 0 Å². The Bertz CT molecular complexity index is 1520. The van der Waals surface area contributed by atoms with Crippen molar-refractivity contribution < 1.29 is 4.79 Å². The predicted molar refractivity (Wildman–Crippen MR) is 127 cm³/mol. The molecule has 0 saturated heterocycles. The molecule has 1 aliphatic heterocycles. The van der Waals surface area contributed by atoms with Gasteiger partial charge in [-0.25, -0.2) is 19.5 Å². The largest absolute Gasteiger partial charge is 0.348 e. The minimum atomic E-state index is -0.477. The second-order valence-electron chi connectivity index (χ2n) is 8.87. The van der Waals surface area contributed by atoms with Crippen molar-refractivity contribution in [3.63, 3.8) is 0 Å². The van der Waals surface area contributed by atoms with Crippen molar-refractivity contribution in [1.29, 1.82) is 0 Å². The van der Waals surface area contributed by atoms with E-state index in [9.17, 15) is 4.79 Å². The number of imidazole rings is 1. The molecule has 0 spiro atoms. The van der Waals surface area contributed by atoms with Crippen LogP contribution in [0.15, 0.2) is 61.3 Å². The lowest BCUT2D eigenvalue weighted by atomic mass is 10.0. The van der Waals surface area contributed by atoms with E-state index >= 15 is 0 Å². The molecule has 170 valence electrons. The molecule has 0 radical (unpaired) electrons. The molecule has 1 atom stereocenters. The molecule has 0 saturated carbocycles. The van der Waals surface area contributed by atoms with E-state index in [0.29, 0.717) is 24.4 Å². The first-order valence-corrected chi connectivity index (χ1v) is 11.2. The lowest BCUT2D eigenvalue weighted by Gasteiger charge is -2.33. The van der Waals surface area contributed by atoms with Crippen molar-refractivity contribution in [2.45, 2.75) is 19.0 Å². The topological polar surface area (TPSA) is 95.3 Å². The zero-order valence-electron chi connectivity index (χ0n) is 19.0. The highest BCUT2D eigenvalue weighted by molar-refractivity contribution is 6.01. The highest BCUT2D eigenvalue weighted by Crippen LogP contribution is 2.33. The number of aromatic nitrogens is 6. The summed E-state index contributed by atoms with van der Waals surface area (Å²) in [6.07, 6.45) is 7.79. The maximum absolute atomic E-state index is 13.9. The molecule has 9 nitrogen and oxygen atoms in total. The molecular weight excluding hydrogens is 428 g/mol. The standard InChI is InChI=1S/C25H24N8O/c1-31(2)13-16-7-8-21-18(12-29-33(21)14-16)25(34)32-10-9-20-22(28-15-27-20)23(32)24-26-11-17-5-3-4-6-19(17)30-24/h3-8,11-12,14-15,23H,9-10,13H2,1-2H3,(H,27,28)/t23-/m0/s1. The first-order chi connectivity index (χ1) is 16.6. The van der Waals surface area contributed by atoms with Crippen LogP contribution in [0.25, 0.3) is 16.4 Å². The first kappa shape index (κ1) is 20.5. The van der Waals surface area contributed by atoms with Crippen molar-refractivity contribution in [3.05, 3.63) is 89.7 Å². The van der Waals surface area contributed by atoms with Gasteiger partial charge in [0.15, 0.2) is 5.82 Å². The number of hydrogen-bond donors (Lipinski definition) is 1. The SMILES string of the molecule is CN(C)Cc1ccc2c(C(=O)N3CCc4[nH]cnc4[C@H]3c3ncc4ccccc4n3)cnn2c1. The van der Waals surface area contributed by atoms with Crippen LogP contribution in [0.3, 0.4) is 0 Å². The number of H-pyrrole nitrogens is 1. The molecule has 6 rings (SSSR count). The van der Waals surface area contributed by atoms with Gasteiger partial charge in [0.25, 0.3) is 5.91 Å². The quantitative estimate of drug-likeness (QED) is 0.451. The van der Waals surface area contributed by atoms with Crippen LogP contribution in [-0.2, 0) is 13.0 Å². The number of carbonyl (C=O) groups is 1. The summed E-state index contributed by atoms with van der Waals surface area (Å²) in [4.78, 5) is 35.0. The van der Waals surface area contributed by atoms with Gasteiger partial charge in [0, 0.05) is 43.0 Å². The van der Waals surface area contributed by atoms with Crippen LogP contribution < -0.4 is 0 Å². The average Bonchev–Trinajstić information content (AvgIpc) is 3.49. The van der Waals surface area contributed by atoms with E-state index in [-0.39, 0.29) is 5.91 Å². The number of fused-ring (bicyclic) bond motifs is 3. The van der Waals surface area contributed by atoms with Gasteiger partial charge in [-0.15, -0.1) is 0 Å². The Labute approximate surface area is 196 Å². The molecule has 1 amide bonds. The highest BCUT2D eigenvalue weighted by Gasteiger charge is 2.37. The fourth-order valence-corrected chi connectivity index (χ4v) is 4.68. The summed E-state index contributed by atoms with van der Waals surface area (Å²) in [5, 5.41) is 5.43. The number of pyridine rings is 1. The van der Waals surface area contributed by atoms with Gasteiger partial charge >= 0.3 is 0 Å². The predicted octanol–water partition coefficient (Wildman–Crippen LogP) is 2.85. The number of hydrogen-bond acceptors (Lipinski definition) is 6. The summed E-state index contributed by atoms with van der Waals surface area (Å²) >= 11 is 0. The minimum absolute atomic E-state index is 0.106. The van der Waals surface area contributed by atoms with Crippen LogP contribution in [0.4, 0.5) is 0 Å². The van der Waals surface area contributed by atoms with Gasteiger partial charge in [0.1, 0.15) is 6.04 Å². The summed E-state index contributed by atoms with van der Waals surface area (Å²) in [6, 6.07) is 11.4. The number of para-hydroxylation sites is 1. The van der Waals surface area contributed by atoms with Gasteiger partial charge in [0.2, 0.25) is 0 Å². The molecule has 5 aromatic rings. The second-order valence-corrected chi connectivity index (χ2v) is 8.87. The molecule has 5 heterocycles. The van der Waals surface area contributed by atoms with E-state index in [2.05, 4.69) is 25.0 Å². The van der Waals surface area contributed by atoms with E-state index < -0.39 is 6.04 Å². The Kier molecular flexibility index (Phi) is 4.84.